The van der Waals surface area contributed by atoms with Gasteiger partial charge in [-0.3, -0.25) is 0 Å². The molecule has 5 rings (SSSR count). The first-order chi connectivity index (χ1) is 11.3. The molecular formula is C22H13F. The summed E-state index contributed by atoms with van der Waals surface area (Å²) in [5.41, 5.74) is 2.38. The molecule has 23 heavy (non-hydrogen) atoms. The summed E-state index contributed by atoms with van der Waals surface area (Å²) >= 11 is 0. The lowest BCUT2D eigenvalue weighted by Gasteiger charge is -2.15. The molecule has 0 fully saturated rings. The van der Waals surface area contributed by atoms with Crippen molar-refractivity contribution in [1.29, 1.82) is 0 Å². The lowest BCUT2D eigenvalue weighted by atomic mass is 9.89. The zero-order chi connectivity index (χ0) is 15.4. The molecule has 0 aliphatic carbocycles. The zero-order valence-corrected chi connectivity index (χ0v) is 12.4. The maximum atomic E-state index is 14.2. The topological polar surface area (TPSA) is 0 Å². The van der Waals surface area contributed by atoms with E-state index in [2.05, 4.69) is 48.5 Å². The summed E-state index contributed by atoms with van der Waals surface area (Å²) in [5, 5.41) is 6.30. The number of hydrogen-bond acceptors (Lipinski definition) is 0. The largest absolute Gasteiger partial charge is 0.206 e. The van der Waals surface area contributed by atoms with E-state index in [4.69, 9.17) is 0 Å². The maximum absolute atomic E-state index is 14.2. The van der Waals surface area contributed by atoms with E-state index in [0.29, 0.717) is 5.39 Å². The van der Waals surface area contributed by atoms with Crippen molar-refractivity contribution in [2.45, 2.75) is 0 Å². The van der Waals surface area contributed by atoms with Crippen molar-refractivity contribution in [2.24, 2.45) is 0 Å². The highest BCUT2D eigenvalue weighted by atomic mass is 19.1. The smallest absolute Gasteiger partial charge is 0.131 e. The van der Waals surface area contributed by atoms with Crippen molar-refractivity contribution in [3.63, 3.8) is 0 Å². The Morgan fingerprint density at radius 1 is 0.565 bits per heavy atom. The van der Waals surface area contributed by atoms with Crippen LogP contribution in [0, 0.1) is 5.82 Å². The Kier molecular flexibility index (Phi) is 2.48. The Hall–Kier alpha value is -2.93. The molecule has 0 unspecified atom stereocenters. The highest BCUT2D eigenvalue weighted by molar-refractivity contribution is 6.26. The lowest BCUT2D eigenvalue weighted by Crippen LogP contribution is -1.89. The third-order valence-corrected chi connectivity index (χ3v) is 4.68. The van der Waals surface area contributed by atoms with Crippen molar-refractivity contribution in [3.8, 4) is 11.1 Å². The Bertz CT molecular complexity index is 1160. The minimum Gasteiger partial charge on any atom is -0.206 e. The molecule has 0 aromatic heterocycles. The van der Waals surface area contributed by atoms with Crippen LogP contribution in [0.2, 0.25) is 0 Å². The summed E-state index contributed by atoms with van der Waals surface area (Å²) in [7, 11) is 0. The van der Waals surface area contributed by atoms with Gasteiger partial charge in [0.2, 0.25) is 0 Å². The molecule has 0 aliphatic heterocycles. The highest BCUT2D eigenvalue weighted by Crippen LogP contribution is 2.40. The SMILES string of the molecule is Fc1ccc2cc(-c3ccccc3)c3cccc4ccc1c2c43. The molecule has 0 saturated carbocycles. The van der Waals surface area contributed by atoms with Crippen molar-refractivity contribution >= 4 is 32.3 Å². The van der Waals surface area contributed by atoms with Gasteiger partial charge in [-0.1, -0.05) is 66.7 Å². The lowest BCUT2D eigenvalue weighted by molar-refractivity contribution is 0.640. The predicted molar refractivity (Wildman–Crippen MR) is 95.5 cm³/mol. The van der Waals surface area contributed by atoms with E-state index in [1.165, 1.54) is 16.5 Å². The molecule has 0 saturated heterocycles. The summed E-state index contributed by atoms with van der Waals surface area (Å²) in [6, 6.07) is 26.2. The van der Waals surface area contributed by atoms with Gasteiger partial charge >= 0.3 is 0 Å². The van der Waals surface area contributed by atoms with Crippen LogP contribution in [0.15, 0.2) is 78.9 Å². The van der Waals surface area contributed by atoms with Gasteiger partial charge in [0.15, 0.2) is 0 Å². The average Bonchev–Trinajstić information content (AvgIpc) is 2.62. The molecule has 5 aromatic rings. The van der Waals surface area contributed by atoms with Crippen LogP contribution in [0.25, 0.3) is 43.4 Å². The fourth-order valence-corrected chi connectivity index (χ4v) is 3.65. The molecule has 5 aromatic carbocycles. The summed E-state index contributed by atoms with van der Waals surface area (Å²) in [4.78, 5) is 0. The first kappa shape index (κ1) is 12.6. The summed E-state index contributed by atoms with van der Waals surface area (Å²) < 4.78 is 14.2. The van der Waals surface area contributed by atoms with Gasteiger partial charge in [0.25, 0.3) is 0 Å². The molecule has 0 N–H and O–H groups in total. The first-order valence-electron chi connectivity index (χ1n) is 7.74. The highest BCUT2D eigenvalue weighted by Gasteiger charge is 2.14. The molecule has 0 bridgehead atoms. The van der Waals surface area contributed by atoms with Crippen LogP contribution in [0.3, 0.4) is 0 Å². The van der Waals surface area contributed by atoms with E-state index in [-0.39, 0.29) is 5.82 Å². The van der Waals surface area contributed by atoms with Crippen molar-refractivity contribution in [2.75, 3.05) is 0 Å². The van der Waals surface area contributed by atoms with Crippen molar-refractivity contribution in [3.05, 3.63) is 84.7 Å². The molecule has 0 radical (unpaired) electrons. The normalized spacial score (nSPS) is 11.7. The second-order valence-corrected chi connectivity index (χ2v) is 5.95. The standard InChI is InChI=1S/C22H13F/c23-20-12-10-16-13-19(14-5-2-1-3-6-14)17-8-4-7-15-9-11-18(20)22(16)21(15)17/h1-13H. The number of halogens is 1. The molecule has 0 nitrogen and oxygen atoms in total. The molecule has 0 aliphatic rings. The van der Waals surface area contributed by atoms with Gasteiger partial charge in [0.1, 0.15) is 5.82 Å². The molecule has 0 amide bonds. The van der Waals surface area contributed by atoms with E-state index in [9.17, 15) is 4.39 Å². The maximum Gasteiger partial charge on any atom is 0.131 e. The van der Waals surface area contributed by atoms with Crippen LogP contribution >= 0.6 is 0 Å². The third-order valence-electron chi connectivity index (χ3n) is 4.68. The second kappa shape index (κ2) is 4.53. The number of hydrogen-bond donors (Lipinski definition) is 0. The van der Waals surface area contributed by atoms with Gasteiger partial charge in [0.05, 0.1) is 0 Å². The molecule has 0 heterocycles. The fourth-order valence-electron chi connectivity index (χ4n) is 3.65. The second-order valence-electron chi connectivity index (χ2n) is 5.95. The number of benzene rings is 5. The minimum absolute atomic E-state index is 0.156. The van der Waals surface area contributed by atoms with E-state index in [1.54, 1.807) is 6.07 Å². The van der Waals surface area contributed by atoms with Crippen LogP contribution in [0.4, 0.5) is 4.39 Å². The third kappa shape index (κ3) is 1.71. The van der Waals surface area contributed by atoms with E-state index >= 15 is 0 Å². The molecule has 0 spiro atoms. The predicted octanol–water partition coefficient (Wildman–Crippen LogP) is 6.39. The van der Waals surface area contributed by atoms with E-state index in [0.717, 1.165) is 21.5 Å². The van der Waals surface area contributed by atoms with Crippen LogP contribution in [-0.4, -0.2) is 0 Å². The van der Waals surface area contributed by atoms with Gasteiger partial charge in [-0.25, -0.2) is 4.39 Å². The average molecular weight is 296 g/mol. The quantitative estimate of drug-likeness (QED) is 0.314. The number of rotatable bonds is 1. The Labute approximate surface area is 133 Å². The van der Waals surface area contributed by atoms with Crippen LogP contribution < -0.4 is 0 Å². The molecular weight excluding hydrogens is 283 g/mol. The van der Waals surface area contributed by atoms with Gasteiger partial charge in [-0.05, 0) is 44.8 Å². The van der Waals surface area contributed by atoms with E-state index in [1.807, 2.05) is 24.3 Å². The first-order valence-corrected chi connectivity index (χ1v) is 7.74. The monoisotopic (exact) mass is 296 g/mol. The minimum atomic E-state index is -0.156. The Balaban J connectivity index is 2.07. The fraction of sp³-hybridized carbons (Fsp3) is 0. The van der Waals surface area contributed by atoms with Crippen LogP contribution in [-0.2, 0) is 0 Å². The van der Waals surface area contributed by atoms with Gasteiger partial charge in [0, 0.05) is 10.8 Å². The molecule has 0 atom stereocenters. The Morgan fingerprint density at radius 2 is 1.35 bits per heavy atom. The summed E-state index contributed by atoms with van der Waals surface area (Å²) in [6.07, 6.45) is 0. The van der Waals surface area contributed by atoms with E-state index < -0.39 is 0 Å². The van der Waals surface area contributed by atoms with Gasteiger partial charge in [-0.15, -0.1) is 0 Å². The molecule has 108 valence electrons. The Morgan fingerprint density at radius 3 is 2.22 bits per heavy atom. The van der Waals surface area contributed by atoms with Gasteiger partial charge in [-0.2, -0.15) is 0 Å². The van der Waals surface area contributed by atoms with Crippen LogP contribution in [0.5, 0.6) is 0 Å². The van der Waals surface area contributed by atoms with Crippen LogP contribution in [0.1, 0.15) is 0 Å². The van der Waals surface area contributed by atoms with Gasteiger partial charge < -0.3 is 0 Å². The van der Waals surface area contributed by atoms with Crippen molar-refractivity contribution in [1.82, 2.24) is 0 Å². The van der Waals surface area contributed by atoms with Crippen molar-refractivity contribution < 1.29 is 4.39 Å². The summed E-state index contributed by atoms with van der Waals surface area (Å²) in [5.74, 6) is -0.156. The zero-order valence-electron chi connectivity index (χ0n) is 12.4. The summed E-state index contributed by atoms with van der Waals surface area (Å²) in [6.45, 7) is 0. The molecule has 1 heteroatoms.